The average molecular weight is 491 g/mol. The Balaban J connectivity index is 1.50. The van der Waals surface area contributed by atoms with Gasteiger partial charge < -0.3 is 20.5 Å². The van der Waals surface area contributed by atoms with E-state index in [1.54, 1.807) is 24.3 Å². The first-order chi connectivity index (χ1) is 15.8. The summed E-state index contributed by atoms with van der Waals surface area (Å²) < 4.78 is 28.1. The van der Waals surface area contributed by atoms with Gasteiger partial charge in [-0.2, -0.15) is 8.42 Å². The van der Waals surface area contributed by atoms with Crippen LogP contribution in [-0.4, -0.2) is 74.4 Å². The molecule has 2 aliphatic heterocycles. The predicted octanol–water partition coefficient (Wildman–Crippen LogP) is 1.86. The Morgan fingerprint density at radius 3 is 2.85 bits per heavy atom. The number of fused-ring (bicyclic) bond motifs is 1. The van der Waals surface area contributed by atoms with Crippen molar-refractivity contribution in [2.45, 2.75) is 25.4 Å². The lowest BCUT2D eigenvalue weighted by molar-refractivity contribution is 0.0804. The molecular weight excluding hydrogens is 464 g/mol. The summed E-state index contributed by atoms with van der Waals surface area (Å²) in [5.41, 5.74) is 2.09. The maximum absolute atomic E-state index is 13.0. The number of anilines is 1. The fourth-order valence-electron chi connectivity index (χ4n) is 4.02. The summed E-state index contributed by atoms with van der Waals surface area (Å²) in [6.07, 6.45) is 7.35. The third-order valence-corrected chi connectivity index (χ3v) is 7.23. The Labute approximate surface area is 196 Å². The molecule has 0 unspecified atom stereocenters. The Morgan fingerprint density at radius 1 is 1.36 bits per heavy atom. The zero-order valence-electron chi connectivity index (χ0n) is 18.4. The molecule has 2 aromatic heterocycles. The van der Waals surface area contributed by atoms with Gasteiger partial charge in [0.15, 0.2) is 0 Å². The number of aromatic nitrogens is 2. The Morgan fingerprint density at radius 2 is 2.18 bits per heavy atom. The number of nitrogens with zero attached hydrogens (tertiary/aromatic N) is 4. The number of pyridine rings is 1. The van der Waals surface area contributed by atoms with Crippen molar-refractivity contribution in [1.82, 2.24) is 20.2 Å². The maximum atomic E-state index is 13.0. The topological polar surface area (TPSA) is 129 Å². The van der Waals surface area contributed by atoms with Gasteiger partial charge in [-0.25, -0.2) is 9.97 Å². The number of nitrogens with one attached hydrogen (secondary N) is 2. The lowest BCUT2D eigenvalue weighted by Crippen LogP contribution is -2.40. The molecule has 2 aromatic rings. The highest BCUT2D eigenvalue weighted by atomic mass is 32.2. The summed E-state index contributed by atoms with van der Waals surface area (Å²) in [7, 11) is -1.77. The molecule has 1 atom stereocenters. The van der Waals surface area contributed by atoms with Crippen LogP contribution in [0.25, 0.3) is 10.6 Å². The van der Waals surface area contributed by atoms with E-state index in [-0.39, 0.29) is 12.0 Å². The summed E-state index contributed by atoms with van der Waals surface area (Å²) in [5.74, 6) is 0.594. The minimum atomic E-state index is -3.50. The van der Waals surface area contributed by atoms with Crippen molar-refractivity contribution in [2.75, 3.05) is 37.8 Å². The number of hydrogen-bond donors (Lipinski definition) is 2. The smallest absolute Gasteiger partial charge is 0.270 e. The van der Waals surface area contributed by atoms with E-state index in [0.717, 1.165) is 47.5 Å². The second-order valence-electron chi connectivity index (χ2n) is 7.92. The van der Waals surface area contributed by atoms with Gasteiger partial charge in [0, 0.05) is 57.3 Å². The van der Waals surface area contributed by atoms with Crippen LogP contribution in [0.4, 0.5) is 5.82 Å². The normalized spacial score (nSPS) is 19.4. The number of carbonyl (C=O) groups excluding carboxylic acids is 1. The maximum Gasteiger partial charge on any atom is 0.270 e. The second kappa shape index (κ2) is 9.57. The van der Waals surface area contributed by atoms with Crippen LogP contribution >= 0.6 is 11.3 Å². The molecule has 0 radical (unpaired) electrons. The largest absolute Gasteiger partial charge is 0.392 e. The van der Waals surface area contributed by atoms with Crippen LogP contribution in [-0.2, 0) is 20.7 Å². The summed E-state index contributed by atoms with van der Waals surface area (Å²) >= 11 is 1.33. The van der Waals surface area contributed by atoms with Crippen LogP contribution in [0.5, 0.6) is 0 Å². The fraction of sp³-hybridized carbons (Fsp3) is 0.429. The van der Waals surface area contributed by atoms with E-state index in [0.29, 0.717) is 36.5 Å². The van der Waals surface area contributed by atoms with Crippen molar-refractivity contribution in [1.29, 1.82) is 5.41 Å². The molecule has 4 heterocycles. The molecule has 0 spiro atoms. The van der Waals surface area contributed by atoms with Gasteiger partial charge >= 0.3 is 0 Å². The molecule has 2 aliphatic rings. The van der Waals surface area contributed by atoms with Gasteiger partial charge in [-0.05, 0) is 25.0 Å². The Hall–Kier alpha value is -2.83. The average Bonchev–Trinajstić information content (AvgIpc) is 3.23. The van der Waals surface area contributed by atoms with Crippen LogP contribution < -0.4 is 10.2 Å². The molecule has 0 aliphatic carbocycles. The van der Waals surface area contributed by atoms with Gasteiger partial charge in [0.2, 0.25) is 0 Å². The lowest BCUT2D eigenvalue weighted by atomic mass is 10.1. The van der Waals surface area contributed by atoms with Gasteiger partial charge in [0.1, 0.15) is 15.7 Å². The number of piperidine rings is 1. The molecule has 176 valence electrons. The van der Waals surface area contributed by atoms with E-state index < -0.39 is 10.1 Å². The molecule has 12 heteroatoms. The molecule has 0 aromatic carbocycles. The molecule has 0 saturated carbocycles. The number of amides is 1. The lowest BCUT2D eigenvalue weighted by Gasteiger charge is -2.32. The molecule has 2 N–H and O–H groups in total. The summed E-state index contributed by atoms with van der Waals surface area (Å²) in [6, 6.07) is 3.80. The highest BCUT2D eigenvalue weighted by molar-refractivity contribution is 7.86. The SMILES string of the molecule is CN/C=C(\C=N)N1CCc2nc(-c3ccc(N4CCC[C@H](OS(C)(=O)=O)C4)nc3)sc2C1=O. The van der Waals surface area contributed by atoms with Gasteiger partial charge in [0.05, 0.1) is 23.8 Å². The minimum Gasteiger partial charge on any atom is -0.392 e. The number of thiazole rings is 1. The number of rotatable bonds is 7. The Kier molecular flexibility index (Phi) is 6.77. The molecule has 1 fully saturated rings. The van der Waals surface area contributed by atoms with Crippen molar-refractivity contribution in [3.05, 3.63) is 40.8 Å². The number of hydrogen-bond acceptors (Lipinski definition) is 10. The molecule has 1 amide bonds. The van der Waals surface area contributed by atoms with E-state index in [2.05, 4.69) is 15.3 Å². The van der Waals surface area contributed by atoms with E-state index in [1.807, 2.05) is 17.0 Å². The highest BCUT2D eigenvalue weighted by Gasteiger charge is 2.30. The van der Waals surface area contributed by atoms with Crippen LogP contribution in [0.1, 0.15) is 28.2 Å². The van der Waals surface area contributed by atoms with Gasteiger partial charge in [-0.1, -0.05) is 0 Å². The number of carbonyl (C=O) groups is 1. The van der Waals surface area contributed by atoms with Crippen LogP contribution in [0.3, 0.4) is 0 Å². The third kappa shape index (κ3) is 5.23. The van der Waals surface area contributed by atoms with Crippen molar-refractivity contribution in [3.8, 4) is 10.6 Å². The highest BCUT2D eigenvalue weighted by Crippen LogP contribution is 2.33. The van der Waals surface area contributed by atoms with Crippen molar-refractivity contribution >= 4 is 39.4 Å². The van der Waals surface area contributed by atoms with Gasteiger partial charge in [-0.3, -0.25) is 8.98 Å². The quantitative estimate of drug-likeness (QED) is 0.445. The molecule has 33 heavy (non-hydrogen) atoms. The number of allylic oxidation sites excluding steroid dienone is 1. The third-order valence-electron chi connectivity index (χ3n) is 5.47. The standard InChI is InChI=1S/C21H26N6O4S2/c1-23-12-15(10-22)27-9-7-17-19(21(27)28)32-20(25-17)14-5-6-18(24-11-14)26-8-3-4-16(13-26)31-33(2,29)30/h5-6,10-12,16,22-23H,3-4,7-9,13H2,1-2H3/b15-12+,22-10?/t16-/m0/s1. The minimum absolute atomic E-state index is 0.153. The van der Waals surface area contributed by atoms with Crippen LogP contribution in [0.2, 0.25) is 0 Å². The molecular formula is C21H26N6O4S2. The zero-order chi connectivity index (χ0) is 23.6. The molecule has 4 rings (SSSR count). The monoisotopic (exact) mass is 490 g/mol. The molecule has 10 nitrogen and oxygen atoms in total. The van der Waals surface area contributed by atoms with Gasteiger partial charge in [-0.15, -0.1) is 11.3 Å². The summed E-state index contributed by atoms with van der Waals surface area (Å²) in [4.78, 5) is 26.4. The van der Waals surface area contributed by atoms with Crippen molar-refractivity contribution in [3.63, 3.8) is 0 Å². The van der Waals surface area contributed by atoms with Crippen molar-refractivity contribution in [2.24, 2.45) is 0 Å². The molecule has 0 bridgehead atoms. The first-order valence-electron chi connectivity index (χ1n) is 10.6. The van der Waals surface area contributed by atoms with E-state index >= 15 is 0 Å². The Bertz CT molecular complexity index is 1180. The van der Waals surface area contributed by atoms with Crippen molar-refractivity contribution < 1.29 is 17.4 Å². The first kappa shape index (κ1) is 23.3. The first-order valence-corrected chi connectivity index (χ1v) is 13.2. The van der Waals surface area contributed by atoms with Crippen LogP contribution in [0.15, 0.2) is 30.2 Å². The van der Waals surface area contributed by atoms with Crippen LogP contribution in [0, 0.1) is 5.41 Å². The van der Waals surface area contributed by atoms with E-state index in [1.165, 1.54) is 11.3 Å². The van der Waals surface area contributed by atoms with Gasteiger partial charge in [0.25, 0.3) is 16.0 Å². The fourth-order valence-corrected chi connectivity index (χ4v) is 5.72. The van der Waals surface area contributed by atoms with E-state index in [9.17, 15) is 13.2 Å². The summed E-state index contributed by atoms with van der Waals surface area (Å²) in [6.45, 7) is 1.72. The second-order valence-corrected chi connectivity index (χ2v) is 10.5. The molecule has 1 saturated heterocycles. The zero-order valence-corrected chi connectivity index (χ0v) is 20.1. The summed E-state index contributed by atoms with van der Waals surface area (Å²) in [5, 5.41) is 11.2. The predicted molar refractivity (Wildman–Crippen MR) is 127 cm³/mol. The van der Waals surface area contributed by atoms with E-state index in [4.69, 9.17) is 9.59 Å².